The van der Waals surface area contributed by atoms with E-state index in [-0.39, 0.29) is 12.0 Å². The van der Waals surface area contributed by atoms with Crippen molar-refractivity contribution in [2.24, 2.45) is 0 Å². The van der Waals surface area contributed by atoms with E-state index in [0.717, 1.165) is 11.3 Å². The Morgan fingerprint density at radius 1 is 1.25 bits per heavy atom. The molecular weight excluding hydrogens is 254 g/mol. The van der Waals surface area contributed by atoms with Crippen LogP contribution in [0.1, 0.15) is 45.2 Å². The number of benzene rings is 1. The molecule has 0 bridgehead atoms. The summed E-state index contributed by atoms with van der Waals surface area (Å²) in [5.74, 6) is 0.648. The second-order valence-electron chi connectivity index (χ2n) is 4.45. The minimum atomic E-state index is -0.204. The zero-order valence-electron chi connectivity index (χ0n) is 13.2. The minimum absolute atomic E-state index is 0.135. The second kappa shape index (κ2) is 11.3. The first-order chi connectivity index (χ1) is 9.60. The molecule has 0 radical (unpaired) electrons. The van der Waals surface area contributed by atoms with Crippen LogP contribution in [0.25, 0.3) is 0 Å². The van der Waals surface area contributed by atoms with Crippen LogP contribution in [-0.4, -0.2) is 26.7 Å². The molecule has 1 aromatic carbocycles. The Kier molecular flexibility index (Phi) is 10.4. The normalized spacial score (nSPS) is 11.1. The highest BCUT2D eigenvalue weighted by atomic mass is 16.5. The Labute approximate surface area is 122 Å². The van der Waals surface area contributed by atoms with E-state index in [9.17, 15) is 4.79 Å². The van der Waals surface area contributed by atoms with Gasteiger partial charge in [-0.3, -0.25) is 4.79 Å². The number of nitrogens with one attached hydrogen (secondary N) is 1. The van der Waals surface area contributed by atoms with Gasteiger partial charge < -0.3 is 14.8 Å². The third-order valence-electron chi connectivity index (χ3n) is 2.61. The Hall–Kier alpha value is -1.55. The molecule has 1 aromatic rings. The summed E-state index contributed by atoms with van der Waals surface area (Å²) in [6, 6.07) is 7.97. The predicted molar refractivity (Wildman–Crippen MR) is 82.0 cm³/mol. The fraction of sp³-hybridized carbons (Fsp3) is 0.562. The van der Waals surface area contributed by atoms with Crippen molar-refractivity contribution < 1.29 is 14.3 Å². The van der Waals surface area contributed by atoms with Crippen LogP contribution in [0, 0.1) is 0 Å². The maximum atomic E-state index is 11.0. The van der Waals surface area contributed by atoms with Gasteiger partial charge in [-0.05, 0) is 13.0 Å². The smallest absolute Gasteiger partial charge is 0.306 e. The summed E-state index contributed by atoms with van der Waals surface area (Å²) >= 11 is 0. The van der Waals surface area contributed by atoms with Gasteiger partial charge in [-0.15, -0.1) is 0 Å². The van der Waals surface area contributed by atoms with E-state index < -0.39 is 0 Å². The molecule has 0 spiro atoms. The van der Waals surface area contributed by atoms with Gasteiger partial charge in [0.1, 0.15) is 5.75 Å². The molecule has 0 aromatic heterocycles. The molecule has 114 valence electrons. The zero-order chi connectivity index (χ0) is 15.4. The summed E-state index contributed by atoms with van der Waals surface area (Å²) in [6.07, 6.45) is 1.62. The fourth-order valence-corrected chi connectivity index (χ4v) is 1.63. The first kappa shape index (κ1) is 18.4. The lowest BCUT2D eigenvalue weighted by Gasteiger charge is -2.16. The van der Waals surface area contributed by atoms with Gasteiger partial charge in [0.15, 0.2) is 0 Å². The number of carbonyl (C=O) groups is 1. The predicted octanol–water partition coefficient (Wildman–Crippen LogP) is 3.33. The van der Waals surface area contributed by atoms with Crippen molar-refractivity contribution in [3.63, 3.8) is 0 Å². The Morgan fingerprint density at radius 2 is 1.85 bits per heavy atom. The van der Waals surface area contributed by atoms with Crippen LogP contribution in [0.5, 0.6) is 5.75 Å². The number of hydrogen-bond donors (Lipinski definition) is 1. The molecule has 0 amide bonds. The average Bonchev–Trinajstić information content (AvgIpc) is 2.47. The van der Waals surface area contributed by atoms with Gasteiger partial charge >= 0.3 is 5.97 Å². The number of para-hydroxylation sites is 1. The lowest BCUT2D eigenvalue weighted by molar-refractivity contribution is -0.140. The zero-order valence-corrected chi connectivity index (χ0v) is 13.2. The van der Waals surface area contributed by atoms with E-state index >= 15 is 0 Å². The van der Waals surface area contributed by atoms with E-state index in [0.29, 0.717) is 13.0 Å². The molecule has 0 aliphatic rings. The van der Waals surface area contributed by atoms with Crippen molar-refractivity contribution in [3.05, 3.63) is 29.8 Å². The van der Waals surface area contributed by atoms with Gasteiger partial charge in [-0.2, -0.15) is 0 Å². The van der Waals surface area contributed by atoms with Crippen LogP contribution in [-0.2, 0) is 9.53 Å². The number of ether oxygens (including phenoxy) is 2. The van der Waals surface area contributed by atoms with Crippen molar-refractivity contribution in [2.75, 3.05) is 20.8 Å². The molecular formula is C16H27NO3. The molecule has 0 saturated heterocycles. The van der Waals surface area contributed by atoms with Gasteiger partial charge in [0.05, 0.1) is 20.6 Å². The largest absolute Gasteiger partial charge is 0.496 e. The fourth-order valence-electron chi connectivity index (χ4n) is 1.63. The number of rotatable bonds is 6. The standard InChI is InChI=1S/C13H19NO3.C3H8/c1-10(14-9-8-13(15)17-3)11-6-4-5-7-12(11)16-2;1-3-2/h4-7,10,14H,8-9H2,1-3H3;3H2,1-2H3/t10-;/m0./s1. The lowest BCUT2D eigenvalue weighted by Crippen LogP contribution is -2.22. The highest BCUT2D eigenvalue weighted by molar-refractivity contribution is 5.69. The van der Waals surface area contributed by atoms with Crippen LogP contribution in [0.2, 0.25) is 0 Å². The van der Waals surface area contributed by atoms with E-state index in [4.69, 9.17) is 4.74 Å². The van der Waals surface area contributed by atoms with Gasteiger partial charge in [0.2, 0.25) is 0 Å². The van der Waals surface area contributed by atoms with Gasteiger partial charge in [-0.25, -0.2) is 0 Å². The molecule has 0 heterocycles. The van der Waals surface area contributed by atoms with Crippen molar-refractivity contribution in [3.8, 4) is 5.75 Å². The molecule has 1 atom stereocenters. The summed E-state index contributed by atoms with van der Waals surface area (Å²) in [5.41, 5.74) is 1.08. The maximum Gasteiger partial charge on any atom is 0.306 e. The summed E-state index contributed by atoms with van der Waals surface area (Å²) in [7, 11) is 3.05. The third-order valence-corrected chi connectivity index (χ3v) is 2.61. The van der Waals surface area contributed by atoms with Crippen LogP contribution in [0.4, 0.5) is 0 Å². The molecule has 0 fully saturated rings. The first-order valence-corrected chi connectivity index (χ1v) is 7.03. The van der Waals surface area contributed by atoms with Crippen molar-refractivity contribution in [2.45, 2.75) is 39.7 Å². The van der Waals surface area contributed by atoms with E-state index in [1.807, 2.05) is 31.2 Å². The SMILES string of the molecule is CCC.COC(=O)CCN[C@@H](C)c1ccccc1OC. The highest BCUT2D eigenvalue weighted by Gasteiger charge is 2.10. The molecule has 1 rings (SSSR count). The second-order valence-corrected chi connectivity index (χ2v) is 4.45. The molecule has 4 nitrogen and oxygen atoms in total. The van der Waals surface area contributed by atoms with E-state index in [1.54, 1.807) is 7.11 Å². The molecule has 0 saturated carbocycles. The number of carbonyl (C=O) groups excluding carboxylic acids is 1. The van der Waals surface area contributed by atoms with Crippen LogP contribution >= 0.6 is 0 Å². The summed E-state index contributed by atoms with van der Waals surface area (Å²) in [4.78, 5) is 11.0. The summed E-state index contributed by atoms with van der Waals surface area (Å²) in [6.45, 7) is 6.88. The lowest BCUT2D eigenvalue weighted by atomic mass is 10.1. The van der Waals surface area contributed by atoms with Crippen LogP contribution < -0.4 is 10.1 Å². The third kappa shape index (κ3) is 7.14. The molecule has 4 heteroatoms. The number of methoxy groups -OCH3 is 2. The summed E-state index contributed by atoms with van der Waals surface area (Å²) < 4.78 is 9.86. The molecule has 0 aliphatic heterocycles. The quantitative estimate of drug-likeness (QED) is 0.813. The van der Waals surface area contributed by atoms with Crippen LogP contribution in [0.3, 0.4) is 0 Å². The molecule has 0 unspecified atom stereocenters. The van der Waals surface area contributed by atoms with E-state index in [2.05, 4.69) is 23.9 Å². The Bertz CT molecular complexity index is 380. The maximum absolute atomic E-state index is 11.0. The first-order valence-electron chi connectivity index (χ1n) is 7.03. The monoisotopic (exact) mass is 281 g/mol. The minimum Gasteiger partial charge on any atom is -0.496 e. The van der Waals surface area contributed by atoms with E-state index in [1.165, 1.54) is 13.5 Å². The number of hydrogen-bond acceptors (Lipinski definition) is 4. The molecule has 20 heavy (non-hydrogen) atoms. The highest BCUT2D eigenvalue weighted by Crippen LogP contribution is 2.23. The van der Waals surface area contributed by atoms with Crippen molar-refractivity contribution in [1.29, 1.82) is 0 Å². The Morgan fingerprint density at radius 3 is 2.40 bits per heavy atom. The summed E-state index contributed by atoms with van der Waals surface area (Å²) in [5, 5.41) is 3.26. The topological polar surface area (TPSA) is 47.6 Å². The Balaban J connectivity index is 0.00000110. The molecule has 0 aliphatic carbocycles. The molecule has 1 N–H and O–H groups in total. The van der Waals surface area contributed by atoms with Gasteiger partial charge in [0.25, 0.3) is 0 Å². The number of esters is 1. The van der Waals surface area contributed by atoms with Crippen molar-refractivity contribution >= 4 is 5.97 Å². The van der Waals surface area contributed by atoms with Crippen LogP contribution in [0.15, 0.2) is 24.3 Å². The van der Waals surface area contributed by atoms with Crippen molar-refractivity contribution in [1.82, 2.24) is 5.32 Å². The van der Waals surface area contributed by atoms with Gasteiger partial charge in [-0.1, -0.05) is 38.5 Å². The average molecular weight is 281 g/mol. The van der Waals surface area contributed by atoms with Gasteiger partial charge in [0, 0.05) is 18.2 Å².